The number of nitrogens with one attached hydrogen (secondary N) is 2. The summed E-state index contributed by atoms with van der Waals surface area (Å²) >= 11 is 16.6. The number of hydrogen-bond acceptors (Lipinski definition) is 10. The van der Waals surface area contributed by atoms with E-state index in [0.717, 1.165) is 20.8 Å². The Kier molecular flexibility index (Phi) is 10.0. The third kappa shape index (κ3) is 9.02. The van der Waals surface area contributed by atoms with Crippen molar-refractivity contribution in [2.45, 2.75) is 61.4 Å². The monoisotopic (exact) mass is 544 g/mol. The molecule has 1 aliphatic rings. The molecule has 33 heavy (non-hydrogen) atoms. The lowest BCUT2D eigenvalue weighted by Gasteiger charge is -2.45. The molecular formula is C16H18Cl3F3N2O9. The maximum Gasteiger partial charge on any atom is 0.471 e. The SMILES string of the molecule is CC(=O)OC[C@H]1O[C@@H](OC(=N)C(Cl)(Cl)Cl)[C@H](NC(=O)C(F)(F)F)[C@@H](OC(C)=O)[C@@H]1OC(C)=O. The van der Waals surface area contributed by atoms with Crippen molar-refractivity contribution in [1.82, 2.24) is 5.32 Å². The van der Waals surface area contributed by atoms with Crippen LogP contribution in [0.4, 0.5) is 13.2 Å². The number of hydrogen-bond donors (Lipinski definition) is 2. The Bertz CT molecular complexity index is 791. The van der Waals surface area contributed by atoms with E-state index < -0.39 is 76.9 Å². The first-order chi connectivity index (χ1) is 14.9. The zero-order chi connectivity index (χ0) is 25.7. The second-order valence-electron chi connectivity index (χ2n) is 6.44. The van der Waals surface area contributed by atoms with Gasteiger partial charge < -0.3 is 29.0 Å². The van der Waals surface area contributed by atoms with Crippen LogP contribution in [0.15, 0.2) is 0 Å². The number of ether oxygens (including phenoxy) is 5. The normalized spacial score (nSPS) is 25.4. The van der Waals surface area contributed by atoms with Crippen molar-refractivity contribution in [3.8, 4) is 0 Å². The number of alkyl halides is 6. The third-order valence-corrected chi connectivity index (χ3v) is 4.26. The van der Waals surface area contributed by atoms with Crippen molar-refractivity contribution in [3.63, 3.8) is 0 Å². The highest BCUT2D eigenvalue weighted by atomic mass is 35.6. The van der Waals surface area contributed by atoms with Crippen LogP contribution in [0.1, 0.15) is 20.8 Å². The molecule has 1 heterocycles. The Morgan fingerprint density at radius 1 is 0.939 bits per heavy atom. The summed E-state index contributed by atoms with van der Waals surface area (Å²) in [7, 11) is 0. The Hall–Kier alpha value is -2.03. The number of esters is 3. The van der Waals surface area contributed by atoms with Gasteiger partial charge in [-0.05, 0) is 0 Å². The van der Waals surface area contributed by atoms with E-state index in [4.69, 9.17) is 63.9 Å². The van der Waals surface area contributed by atoms with Gasteiger partial charge in [0.2, 0.25) is 12.2 Å². The van der Waals surface area contributed by atoms with Crippen molar-refractivity contribution in [2.75, 3.05) is 6.61 Å². The van der Waals surface area contributed by atoms with Crippen molar-refractivity contribution in [1.29, 1.82) is 5.41 Å². The van der Waals surface area contributed by atoms with E-state index in [1.807, 2.05) is 0 Å². The van der Waals surface area contributed by atoms with E-state index in [0.29, 0.717) is 0 Å². The third-order valence-electron chi connectivity index (χ3n) is 3.75. The van der Waals surface area contributed by atoms with E-state index >= 15 is 0 Å². The quantitative estimate of drug-likeness (QED) is 0.167. The van der Waals surface area contributed by atoms with Gasteiger partial charge in [0.05, 0.1) is 0 Å². The highest BCUT2D eigenvalue weighted by Gasteiger charge is 2.54. The summed E-state index contributed by atoms with van der Waals surface area (Å²) in [6.07, 6.45) is -12.5. The average molecular weight is 546 g/mol. The van der Waals surface area contributed by atoms with Crippen molar-refractivity contribution in [3.05, 3.63) is 0 Å². The summed E-state index contributed by atoms with van der Waals surface area (Å²) in [5.41, 5.74) is 0. The van der Waals surface area contributed by atoms with Crippen molar-refractivity contribution in [2.24, 2.45) is 0 Å². The predicted octanol–water partition coefficient (Wildman–Crippen LogP) is 1.55. The summed E-state index contributed by atoms with van der Waals surface area (Å²) < 4.78 is 61.4. The van der Waals surface area contributed by atoms with Gasteiger partial charge in [0.15, 0.2) is 12.2 Å². The maximum atomic E-state index is 12.9. The average Bonchev–Trinajstić information content (AvgIpc) is 2.62. The first-order valence-electron chi connectivity index (χ1n) is 8.76. The summed E-state index contributed by atoms with van der Waals surface area (Å²) in [5, 5.41) is 9.16. The van der Waals surface area contributed by atoms with Crippen molar-refractivity contribution < 1.29 is 56.0 Å². The Balaban J connectivity index is 3.50. The molecule has 0 unspecified atom stereocenters. The summed E-state index contributed by atoms with van der Waals surface area (Å²) in [5.74, 6) is -6.51. The molecule has 0 aromatic rings. The second-order valence-corrected chi connectivity index (χ2v) is 8.72. The van der Waals surface area contributed by atoms with E-state index in [1.54, 1.807) is 0 Å². The minimum absolute atomic E-state index is 0.661. The Morgan fingerprint density at radius 3 is 1.88 bits per heavy atom. The van der Waals surface area contributed by atoms with Gasteiger partial charge in [-0.25, -0.2) is 0 Å². The largest absolute Gasteiger partial charge is 0.471 e. The molecule has 0 saturated carbocycles. The van der Waals surface area contributed by atoms with Crippen LogP contribution in [0.25, 0.3) is 0 Å². The summed E-state index contributed by atoms with van der Waals surface area (Å²) in [4.78, 5) is 46.1. The number of halogens is 6. The van der Waals surface area contributed by atoms with Gasteiger partial charge in [0.25, 0.3) is 3.79 Å². The molecular weight excluding hydrogens is 528 g/mol. The molecule has 1 fully saturated rings. The van der Waals surface area contributed by atoms with Crippen LogP contribution < -0.4 is 5.32 Å². The Labute approximate surface area is 199 Å². The van der Waals surface area contributed by atoms with Gasteiger partial charge in [-0.15, -0.1) is 0 Å². The molecule has 188 valence electrons. The van der Waals surface area contributed by atoms with E-state index in [-0.39, 0.29) is 0 Å². The molecule has 0 radical (unpaired) electrons. The highest BCUT2D eigenvalue weighted by molar-refractivity contribution is 6.76. The van der Waals surface area contributed by atoms with Crippen LogP contribution in [0.2, 0.25) is 0 Å². The van der Waals surface area contributed by atoms with Gasteiger partial charge in [-0.1, -0.05) is 34.8 Å². The molecule has 1 saturated heterocycles. The Morgan fingerprint density at radius 2 is 1.45 bits per heavy atom. The first kappa shape index (κ1) is 29.0. The van der Waals surface area contributed by atoms with Gasteiger partial charge in [0.1, 0.15) is 18.8 Å². The minimum atomic E-state index is -5.40. The van der Waals surface area contributed by atoms with Gasteiger partial charge in [0, 0.05) is 20.8 Å². The van der Waals surface area contributed by atoms with Crippen LogP contribution in [0, 0.1) is 5.41 Å². The predicted molar refractivity (Wildman–Crippen MR) is 103 cm³/mol. The molecule has 1 amide bonds. The summed E-state index contributed by atoms with van der Waals surface area (Å²) in [6.45, 7) is 2.17. The molecule has 2 N–H and O–H groups in total. The fourth-order valence-electron chi connectivity index (χ4n) is 2.57. The fraction of sp³-hybridized carbons (Fsp3) is 0.688. The van der Waals surface area contributed by atoms with Gasteiger partial charge in [-0.2, -0.15) is 13.2 Å². The zero-order valence-corrected chi connectivity index (χ0v) is 19.3. The van der Waals surface area contributed by atoms with E-state index in [9.17, 15) is 32.3 Å². The lowest BCUT2D eigenvalue weighted by molar-refractivity contribution is -0.262. The number of rotatable bonds is 6. The molecule has 11 nitrogen and oxygen atoms in total. The van der Waals surface area contributed by atoms with Crippen LogP contribution in [0.3, 0.4) is 0 Å². The minimum Gasteiger partial charge on any atom is -0.463 e. The second kappa shape index (κ2) is 11.4. The van der Waals surface area contributed by atoms with E-state index in [2.05, 4.69) is 0 Å². The molecule has 0 spiro atoms. The number of amides is 1. The maximum absolute atomic E-state index is 12.9. The molecule has 1 rings (SSSR count). The smallest absolute Gasteiger partial charge is 0.463 e. The number of carbonyl (C=O) groups excluding carboxylic acids is 4. The fourth-order valence-corrected chi connectivity index (χ4v) is 2.71. The molecule has 5 atom stereocenters. The van der Waals surface area contributed by atoms with Crippen LogP contribution in [-0.2, 0) is 42.9 Å². The summed E-state index contributed by atoms with van der Waals surface area (Å²) in [6, 6.07) is -2.03. The van der Waals surface area contributed by atoms with Crippen LogP contribution in [-0.4, -0.2) is 76.9 Å². The molecule has 0 aromatic carbocycles. The highest BCUT2D eigenvalue weighted by Crippen LogP contribution is 2.33. The van der Waals surface area contributed by atoms with Crippen LogP contribution in [0.5, 0.6) is 0 Å². The van der Waals surface area contributed by atoms with Crippen molar-refractivity contribution >= 4 is 64.5 Å². The molecule has 17 heteroatoms. The molecule has 1 aliphatic heterocycles. The molecule has 0 aromatic heterocycles. The van der Waals surface area contributed by atoms with Crippen LogP contribution >= 0.6 is 34.8 Å². The van der Waals surface area contributed by atoms with Gasteiger partial charge >= 0.3 is 30.0 Å². The number of carbonyl (C=O) groups is 4. The molecule has 0 bridgehead atoms. The lowest BCUT2D eigenvalue weighted by atomic mass is 9.96. The zero-order valence-electron chi connectivity index (χ0n) is 17.0. The standard InChI is InChI=1S/C16H18Cl3F3N2O9/c1-5(25)29-4-8-10(30-6(2)26)11(31-7(3)27)9(24-14(28)16(20,21)22)12(32-8)33-13(23)15(17,18)19/h8-12,23H,4H2,1-3H3,(H,24,28)/t8-,9-,10-,11-,12+/m1/s1. The first-order valence-corrected chi connectivity index (χ1v) is 9.90. The van der Waals surface area contributed by atoms with E-state index in [1.165, 1.54) is 5.32 Å². The van der Waals surface area contributed by atoms with Gasteiger partial charge in [-0.3, -0.25) is 24.6 Å². The lowest BCUT2D eigenvalue weighted by Crippen LogP contribution is -2.68. The topological polar surface area (TPSA) is 150 Å². The molecule has 0 aliphatic carbocycles.